The van der Waals surface area contributed by atoms with Gasteiger partial charge in [0.15, 0.2) is 6.61 Å². The smallest absolute Gasteiger partial charge is 0.338 e. The zero-order chi connectivity index (χ0) is 26.9. The molecule has 0 fully saturated rings. The third-order valence-corrected chi connectivity index (χ3v) is 8.83. The molecule has 0 saturated carbocycles. The molecular weight excluding hydrogens is 488 g/mol. The highest BCUT2D eigenvalue weighted by atomic mass is 32.2. The summed E-state index contributed by atoms with van der Waals surface area (Å²) >= 11 is 0. The van der Waals surface area contributed by atoms with Gasteiger partial charge >= 0.3 is 5.97 Å². The van der Waals surface area contributed by atoms with E-state index in [0.29, 0.717) is 23.6 Å². The van der Waals surface area contributed by atoms with Crippen molar-refractivity contribution in [1.29, 1.82) is 0 Å². The summed E-state index contributed by atoms with van der Waals surface area (Å²) in [7, 11) is -3.90. The summed E-state index contributed by atoms with van der Waals surface area (Å²) in [5.41, 5.74) is 4.08. The molecule has 3 aromatic rings. The molecule has 0 N–H and O–H groups in total. The van der Waals surface area contributed by atoms with Crippen LogP contribution in [-0.2, 0) is 27.7 Å². The minimum absolute atomic E-state index is 0.00512. The Bertz CT molecular complexity index is 1440. The van der Waals surface area contributed by atoms with Crippen LogP contribution in [0, 0.1) is 19.8 Å². The molecule has 4 rings (SSSR count). The van der Waals surface area contributed by atoms with Gasteiger partial charge in [-0.1, -0.05) is 38.1 Å². The summed E-state index contributed by atoms with van der Waals surface area (Å²) in [4.78, 5) is 25.7. The van der Waals surface area contributed by atoms with Crippen LogP contribution in [0.25, 0.3) is 0 Å². The number of hydrogen-bond acceptors (Lipinski definition) is 5. The normalized spacial score (nSPS) is 15.2. The van der Waals surface area contributed by atoms with Crippen molar-refractivity contribution in [2.24, 2.45) is 5.92 Å². The Balaban J connectivity index is 1.48. The second kappa shape index (κ2) is 10.5. The fourth-order valence-corrected chi connectivity index (χ4v) is 6.65. The van der Waals surface area contributed by atoms with Gasteiger partial charge in [-0.25, -0.2) is 13.2 Å². The standard InChI is InChI=1S/C29H34N2O5S/c1-19(2)13-14-30-20(3)16-26(22(30)5)28(32)18-36-29(33)24-10-8-11-25(17-24)37(34,35)31-21(4)15-23-9-6-7-12-27(23)31/h6-12,16-17,19,21H,13-15,18H2,1-5H3/t21-/m1/s1. The Morgan fingerprint density at radius 3 is 2.51 bits per heavy atom. The van der Waals surface area contributed by atoms with Crippen molar-refractivity contribution in [3.8, 4) is 0 Å². The molecule has 37 heavy (non-hydrogen) atoms. The number of para-hydroxylation sites is 1. The van der Waals surface area contributed by atoms with Crippen LogP contribution < -0.4 is 4.31 Å². The topological polar surface area (TPSA) is 85.7 Å². The maximum Gasteiger partial charge on any atom is 0.338 e. The number of rotatable bonds is 9. The summed E-state index contributed by atoms with van der Waals surface area (Å²) in [6.45, 7) is 10.4. The summed E-state index contributed by atoms with van der Waals surface area (Å²) in [6.07, 6.45) is 1.62. The molecule has 1 aliphatic rings. The van der Waals surface area contributed by atoms with Gasteiger partial charge < -0.3 is 9.30 Å². The number of ketones is 1. The first kappa shape index (κ1) is 26.7. The number of Topliss-reactive ketones (excluding diaryl/α,β-unsaturated/α-hetero) is 1. The number of sulfonamides is 1. The predicted octanol–water partition coefficient (Wildman–Crippen LogP) is 5.33. The lowest BCUT2D eigenvalue weighted by Gasteiger charge is -2.24. The third-order valence-electron chi connectivity index (χ3n) is 6.91. The first-order chi connectivity index (χ1) is 17.5. The van der Waals surface area contributed by atoms with Gasteiger partial charge in [0.1, 0.15) is 0 Å². The summed E-state index contributed by atoms with van der Waals surface area (Å²) in [6, 6.07) is 14.8. The number of aromatic nitrogens is 1. The number of benzene rings is 2. The molecule has 0 aliphatic carbocycles. The van der Waals surface area contributed by atoms with Gasteiger partial charge in [-0.2, -0.15) is 0 Å². The molecule has 2 aromatic carbocycles. The van der Waals surface area contributed by atoms with E-state index in [4.69, 9.17) is 4.74 Å². The minimum atomic E-state index is -3.90. The predicted molar refractivity (Wildman–Crippen MR) is 144 cm³/mol. The number of carbonyl (C=O) groups is 2. The maximum atomic E-state index is 13.5. The lowest BCUT2D eigenvalue weighted by molar-refractivity contribution is 0.0474. The molecule has 7 nitrogen and oxygen atoms in total. The first-order valence-corrected chi connectivity index (χ1v) is 14.0. The van der Waals surface area contributed by atoms with Crippen LogP contribution in [0.1, 0.15) is 64.9 Å². The van der Waals surface area contributed by atoms with Crippen LogP contribution >= 0.6 is 0 Å². The molecule has 196 valence electrons. The van der Waals surface area contributed by atoms with Crippen LogP contribution in [0.15, 0.2) is 59.5 Å². The van der Waals surface area contributed by atoms with E-state index in [1.807, 2.05) is 45.0 Å². The third kappa shape index (κ3) is 5.34. The van der Waals surface area contributed by atoms with Gasteiger partial charge in [0.2, 0.25) is 5.78 Å². The highest BCUT2D eigenvalue weighted by Crippen LogP contribution is 2.36. The van der Waals surface area contributed by atoms with E-state index in [2.05, 4.69) is 18.4 Å². The molecule has 0 radical (unpaired) electrons. The average Bonchev–Trinajstić information content (AvgIpc) is 3.35. The van der Waals surface area contributed by atoms with Crippen molar-refractivity contribution < 1.29 is 22.7 Å². The molecule has 0 unspecified atom stereocenters. The van der Waals surface area contributed by atoms with Crippen LogP contribution in [0.3, 0.4) is 0 Å². The van der Waals surface area contributed by atoms with E-state index >= 15 is 0 Å². The van der Waals surface area contributed by atoms with Crippen molar-refractivity contribution in [3.05, 3.63) is 82.7 Å². The SMILES string of the molecule is Cc1cc(C(=O)COC(=O)c2cccc(S(=O)(=O)N3c4ccccc4C[C@H]3C)c2)c(C)n1CCC(C)C. The number of nitrogens with zero attached hydrogens (tertiary/aromatic N) is 2. The quantitative estimate of drug-likeness (QED) is 0.280. The van der Waals surface area contributed by atoms with E-state index in [-0.39, 0.29) is 22.3 Å². The molecule has 2 heterocycles. The monoisotopic (exact) mass is 522 g/mol. The highest BCUT2D eigenvalue weighted by Gasteiger charge is 2.36. The number of anilines is 1. The molecule has 1 aliphatic heterocycles. The molecule has 0 spiro atoms. The van der Waals surface area contributed by atoms with Gasteiger partial charge in [-0.3, -0.25) is 9.10 Å². The van der Waals surface area contributed by atoms with E-state index < -0.39 is 22.6 Å². The van der Waals surface area contributed by atoms with Crippen molar-refractivity contribution >= 4 is 27.5 Å². The number of hydrogen-bond donors (Lipinski definition) is 0. The summed E-state index contributed by atoms with van der Waals surface area (Å²) < 4.78 is 35.9. The second-order valence-corrected chi connectivity index (χ2v) is 11.9. The minimum Gasteiger partial charge on any atom is -0.454 e. The zero-order valence-corrected chi connectivity index (χ0v) is 22.8. The number of ether oxygens (including phenoxy) is 1. The Labute approximate surface area is 219 Å². The van der Waals surface area contributed by atoms with Crippen LogP contribution in [-0.4, -0.2) is 37.4 Å². The van der Waals surface area contributed by atoms with E-state index in [1.54, 1.807) is 6.07 Å². The summed E-state index contributed by atoms with van der Waals surface area (Å²) in [5, 5.41) is 0. The van der Waals surface area contributed by atoms with Crippen LogP contribution in [0.2, 0.25) is 0 Å². The van der Waals surface area contributed by atoms with Crippen LogP contribution in [0.4, 0.5) is 5.69 Å². The van der Waals surface area contributed by atoms with Crippen molar-refractivity contribution in [1.82, 2.24) is 4.57 Å². The fraction of sp³-hybridized carbons (Fsp3) is 0.379. The van der Waals surface area contributed by atoms with E-state index in [0.717, 1.165) is 29.9 Å². The lowest BCUT2D eigenvalue weighted by Crippen LogP contribution is -2.35. The number of aryl methyl sites for hydroxylation is 1. The Kier molecular flexibility index (Phi) is 7.59. The second-order valence-electron chi connectivity index (χ2n) is 10.1. The molecule has 8 heteroatoms. The Morgan fingerprint density at radius 2 is 1.78 bits per heavy atom. The molecular formula is C29H34N2O5S. The Hall–Kier alpha value is -3.39. The maximum absolute atomic E-state index is 13.5. The Morgan fingerprint density at radius 1 is 1.05 bits per heavy atom. The van der Waals surface area contributed by atoms with E-state index in [9.17, 15) is 18.0 Å². The highest BCUT2D eigenvalue weighted by molar-refractivity contribution is 7.92. The molecule has 0 bridgehead atoms. The largest absolute Gasteiger partial charge is 0.454 e. The molecule has 0 saturated heterocycles. The summed E-state index contributed by atoms with van der Waals surface area (Å²) in [5.74, 6) is -0.485. The van der Waals surface area contributed by atoms with Gasteiger partial charge in [-0.05, 0) is 75.4 Å². The van der Waals surface area contributed by atoms with E-state index in [1.165, 1.54) is 28.6 Å². The fourth-order valence-electron chi connectivity index (χ4n) is 4.91. The lowest BCUT2D eigenvalue weighted by atomic mass is 10.1. The van der Waals surface area contributed by atoms with Gasteiger partial charge in [0.05, 0.1) is 16.1 Å². The molecule has 1 aromatic heterocycles. The first-order valence-electron chi connectivity index (χ1n) is 12.6. The van der Waals surface area contributed by atoms with Gasteiger partial charge in [0, 0.05) is 29.5 Å². The van der Waals surface area contributed by atoms with Gasteiger partial charge in [0.25, 0.3) is 10.0 Å². The van der Waals surface area contributed by atoms with Crippen LogP contribution in [0.5, 0.6) is 0 Å². The number of carbonyl (C=O) groups excluding carboxylic acids is 2. The van der Waals surface area contributed by atoms with Crippen molar-refractivity contribution in [2.45, 2.75) is 64.9 Å². The zero-order valence-electron chi connectivity index (χ0n) is 22.0. The number of fused-ring (bicyclic) bond motifs is 1. The number of esters is 1. The van der Waals surface area contributed by atoms with Gasteiger partial charge in [-0.15, -0.1) is 0 Å². The van der Waals surface area contributed by atoms with Crippen molar-refractivity contribution in [3.63, 3.8) is 0 Å². The molecule has 0 amide bonds. The van der Waals surface area contributed by atoms with Crippen molar-refractivity contribution in [2.75, 3.05) is 10.9 Å². The average molecular weight is 523 g/mol. The molecule has 1 atom stereocenters.